The van der Waals surface area contributed by atoms with Crippen molar-refractivity contribution in [3.63, 3.8) is 0 Å². The SMILES string of the molecule is CSc1ccccc1C(=O)NNC(=O)c1cccc(Cl)c1. The van der Waals surface area contributed by atoms with E-state index >= 15 is 0 Å². The van der Waals surface area contributed by atoms with E-state index in [0.717, 1.165) is 4.90 Å². The Morgan fingerprint density at radius 1 is 1.00 bits per heavy atom. The molecular formula is C15H13ClN2O2S. The summed E-state index contributed by atoms with van der Waals surface area (Å²) in [4.78, 5) is 24.8. The molecule has 0 aliphatic rings. The van der Waals surface area contributed by atoms with Gasteiger partial charge in [-0.2, -0.15) is 0 Å². The molecule has 2 aromatic carbocycles. The van der Waals surface area contributed by atoms with Gasteiger partial charge in [0.25, 0.3) is 11.8 Å². The Labute approximate surface area is 131 Å². The molecule has 0 unspecified atom stereocenters. The van der Waals surface area contributed by atoms with Gasteiger partial charge in [0.05, 0.1) is 5.56 Å². The summed E-state index contributed by atoms with van der Waals surface area (Å²) < 4.78 is 0. The molecule has 21 heavy (non-hydrogen) atoms. The number of halogens is 1. The van der Waals surface area contributed by atoms with Crippen LogP contribution in [0, 0.1) is 0 Å². The average Bonchev–Trinajstić information content (AvgIpc) is 2.52. The normalized spacial score (nSPS) is 10.0. The Bertz CT molecular complexity index is 676. The van der Waals surface area contributed by atoms with Gasteiger partial charge in [0, 0.05) is 15.5 Å². The molecule has 0 saturated carbocycles. The summed E-state index contributed by atoms with van der Waals surface area (Å²) >= 11 is 7.28. The lowest BCUT2D eigenvalue weighted by atomic mass is 10.2. The van der Waals surface area contributed by atoms with E-state index in [1.807, 2.05) is 18.4 Å². The first-order valence-corrected chi connectivity index (χ1v) is 7.71. The number of carbonyl (C=O) groups is 2. The molecule has 0 aromatic heterocycles. The molecule has 6 heteroatoms. The maximum absolute atomic E-state index is 12.1. The molecule has 0 atom stereocenters. The van der Waals surface area contributed by atoms with Gasteiger partial charge >= 0.3 is 0 Å². The number of nitrogens with one attached hydrogen (secondary N) is 2. The van der Waals surface area contributed by atoms with Crippen molar-refractivity contribution < 1.29 is 9.59 Å². The maximum Gasteiger partial charge on any atom is 0.270 e. The number of carbonyl (C=O) groups excluding carboxylic acids is 2. The molecule has 0 fully saturated rings. The Morgan fingerprint density at radius 2 is 1.71 bits per heavy atom. The van der Waals surface area contributed by atoms with E-state index in [-0.39, 0.29) is 5.91 Å². The molecule has 0 bridgehead atoms. The molecule has 2 rings (SSSR count). The molecule has 0 aliphatic heterocycles. The zero-order valence-electron chi connectivity index (χ0n) is 11.2. The molecule has 0 spiro atoms. The van der Waals surface area contributed by atoms with Gasteiger partial charge in [-0.3, -0.25) is 20.4 Å². The standard InChI is InChI=1S/C15H13ClN2O2S/c1-21-13-8-3-2-7-12(13)15(20)18-17-14(19)10-5-4-6-11(16)9-10/h2-9H,1H3,(H,17,19)(H,18,20). The second kappa shape index (κ2) is 7.15. The Balaban J connectivity index is 2.02. The van der Waals surface area contributed by atoms with Gasteiger partial charge < -0.3 is 0 Å². The first-order chi connectivity index (χ1) is 10.1. The summed E-state index contributed by atoms with van der Waals surface area (Å²) in [7, 11) is 0. The van der Waals surface area contributed by atoms with Crippen LogP contribution in [-0.2, 0) is 0 Å². The number of thioether (sulfide) groups is 1. The highest BCUT2D eigenvalue weighted by Crippen LogP contribution is 2.19. The highest BCUT2D eigenvalue weighted by atomic mass is 35.5. The van der Waals surface area contributed by atoms with Gasteiger partial charge in [0.15, 0.2) is 0 Å². The number of hydrogen-bond acceptors (Lipinski definition) is 3. The van der Waals surface area contributed by atoms with Gasteiger partial charge in [0.2, 0.25) is 0 Å². The molecule has 2 amide bonds. The number of hydrazine groups is 1. The van der Waals surface area contributed by atoms with Gasteiger partial charge in [-0.15, -0.1) is 11.8 Å². The number of rotatable bonds is 3. The van der Waals surface area contributed by atoms with Crippen LogP contribution in [0.15, 0.2) is 53.4 Å². The molecule has 2 aromatic rings. The molecule has 0 aliphatic carbocycles. The number of amides is 2. The minimum absolute atomic E-state index is 0.365. The van der Waals surface area contributed by atoms with Crippen molar-refractivity contribution in [3.8, 4) is 0 Å². The molecule has 0 saturated heterocycles. The Hall–Kier alpha value is -1.98. The van der Waals surface area contributed by atoms with Crippen LogP contribution < -0.4 is 10.9 Å². The van der Waals surface area contributed by atoms with Crippen LogP contribution in [0.3, 0.4) is 0 Å². The number of hydrogen-bond donors (Lipinski definition) is 2. The van der Waals surface area contributed by atoms with Gasteiger partial charge in [0.1, 0.15) is 0 Å². The lowest BCUT2D eigenvalue weighted by Crippen LogP contribution is -2.41. The summed E-state index contributed by atoms with van der Waals surface area (Å²) in [6, 6.07) is 13.7. The highest BCUT2D eigenvalue weighted by molar-refractivity contribution is 7.98. The largest absolute Gasteiger partial charge is 0.270 e. The van der Waals surface area contributed by atoms with Gasteiger partial charge in [-0.1, -0.05) is 29.8 Å². The fraction of sp³-hybridized carbons (Fsp3) is 0.0667. The third-order valence-corrected chi connectivity index (χ3v) is 3.76. The van der Waals surface area contributed by atoms with E-state index in [0.29, 0.717) is 16.1 Å². The predicted octanol–water partition coefficient (Wildman–Crippen LogP) is 3.14. The lowest BCUT2D eigenvalue weighted by molar-refractivity contribution is 0.0845. The first kappa shape index (κ1) is 15.4. The van der Waals surface area contributed by atoms with Crippen molar-refractivity contribution in [2.75, 3.05) is 6.26 Å². The van der Waals surface area contributed by atoms with Gasteiger partial charge in [-0.25, -0.2) is 0 Å². The summed E-state index contributed by atoms with van der Waals surface area (Å²) in [5.74, 6) is -0.789. The van der Waals surface area contributed by atoms with Crippen molar-refractivity contribution in [3.05, 3.63) is 64.7 Å². The van der Waals surface area contributed by atoms with Crippen LogP contribution in [0.2, 0.25) is 5.02 Å². The van der Waals surface area contributed by atoms with E-state index in [9.17, 15) is 9.59 Å². The third kappa shape index (κ3) is 4.00. The highest BCUT2D eigenvalue weighted by Gasteiger charge is 2.12. The molecule has 4 nitrogen and oxygen atoms in total. The minimum atomic E-state index is -0.424. The van der Waals surface area contributed by atoms with Crippen molar-refractivity contribution in [1.29, 1.82) is 0 Å². The molecule has 0 radical (unpaired) electrons. The van der Waals surface area contributed by atoms with E-state index in [2.05, 4.69) is 10.9 Å². The van der Waals surface area contributed by atoms with Crippen LogP contribution in [0.5, 0.6) is 0 Å². The minimum Gasteiger partial charge on any atom is -0.267 e. The molecule has 0 heterocycles. The fourth-order valence-electron chi connectivity index (χ4n) is 1.71. The van der Waals surface area contributed by atoms with Crippen LogP contribution in [0.4, 0.5) is 0 Å². The van der Waals surface area contributed by atoms with E-state index in [1.54, 1.807) is 30.3 Å². The quantitative estimate of drug-likeness (QED) is 0.674. The molecular weight excluding hydrogens is 308 g/mol. The first-order valence-electron chi connectivity index (χ1n) is 6.11. The van der Waals surface area contributed by atoms with Crippen LogP contribution in [0.1, 0.15) is 20.7 Å². The smallest absolute Gasteiger partial charge is 0.267 e. The topological polar surface area (TPSA) is 58.2 Å². The molecule has 108 valence electrons. The lowest BCUT2D eigenvalue weighted by Gasteiger charge is -2.09. The van der Waals surface area contributed by atoms with Crippen molar-refractivity contribution >= 4 is 35.2 Å². The Kier molecular flexibility index (Phi) is 5.25. The average molecular weight is 321 g/mol. The summed E-state index contributed by atoms with van der Waals surface area (Å²) in [6.07, 6.45) is 1.89. The predicted molar refractivity (Wildman–Crippen MR) is 84.6 cm³/mol. The van der Waals surface area contributed by atoms with Crippen molar-refractivity contribution in [1.82, 2.24) is 10.9 Å². The summed E-state index contributed by atoms with van der Waals surface area (Å²) in [5.41, 5.74) is 5.65. The second-order valence-electron chi connectivity index (χ2n) is 4.12. The zero-order valence-corrected chi connectivity index (χ0v) is 12.8. The van der Waals surface area contributed by atoms with E-state index in [1.165, 1.54) is 17.8 Å². The van der Waals surface area contributed by atoms with Crippen LogP contribution in [0.25, 0.3) is 0 Å². The van der Waals surface area contributed by atoms with Crippen LogP contribution >= 0.6 is 23.4 Å². The van der Waals surface area contributed by atoms with Crippen LogP contribution in [-0.4, -0.2) is 18.1 Å². The number of benzene rings is 2. The van der Waals surface area contributed by atoms with Gasteiger partial charge in [-0.05, 0) is 36.6 Å². The monoisotopic (exact) mass is 320 g/mol. The zero-order chi connectivity index (χ0) is 15.2. The summed E-state index contributed by atoms with van der Waals surface area (Å²) in [5, 5.41) is 0.460. The fourth-order valence-corrected chi connectivity index (χ4v) is 2.50. The summed E-state index contributed by atoms with van der Waals surface area (Å²) in [6.45, 7) is 0. The van der Waals surface area contributed by atoms with Crippen molar-refractivity contribution in [2.45, 2.75) is 4.90 Å². The van der Waals surface area contributed by atoms with E-state index < -0.39 is 5.91 Å². The Morgan fingerprint density at radius 3 is 2.43 bits per heavy atom. The van der Waals surface area contributed by atoms with Crippen molar-refractivity contribution in [2.24, 2.45) is 0 Å². The molecule has 2 N–H and O–H groups in total. The third-order valence-electron chi connectivity index (χ3n) is 2.73. The maximum atomic E-state index is 12.1. The van der Waals surface area contributed by atoms with E-state index in [4.69, 9.17) is 11.6 Å². The second-order valence-corrected chi connectivity index (χ2v) is 5.40.